The Morgan fingerprint density at radius 3 is 2.15 bits per heavy atom. The fourth-order valence-corrected chi connectivity index (χ4v) is 11.4. The van der Waals surface area contributed by atoms with Crippen molar-refractivity contribution in [3.05, 3.63) is 42.0 Å². The molecular formula is C28H42O5Si. The first-order valence-electron chi connectivity index (χ1n) is 12.4. The Morgan fingerprint density at radius 2 is 1.62 bits per heavy atom. The summed E-state index contributed by atoms with van der Waals surface area (Å²) in [7, 11) is 1.27. The molecule has 3 rings (SSSR count). The number of methoxy groups -OCH3 is 2. The first-order chi connectivity index (χ1) is 16.1. The van der Waals surface area contributed by atoms with Crippen molar-refractivity contribution >= 4 is 19.1 Å². The normalized spacial score (nSPS) is 18.5. The molecule has 2 aromatic carbocycles. The minimum atomic E-state index is -2.10. The lowest BCUT2D eigenvalue weighted by Crippen LogP contribution is -2.51. The Bertz CT molecular complexity index is 992. The zero-order chi connectivity index (χ0) is 25.2. The molecule has 34 heavy (non-hydrogen) atoms. The van der Waals surface area contributed by atoms with E-state index in [1.54, 1.807) is 20.3 Å². The molecule has 0 saturated heterocycles. The summed E-state index contributed by atoms with van der Waals surface area (Å²) in [5.41, 5.74) is 3.67. The molecule has 2 aromatic rings. The Labute approximate surface area is 206 Å². The summed E-state index contributed by atoms with van der Waals surface area (Å²) in [6.45, 7) is 20.1. The highest BCUT2D eigenvalue weighted by atomic mass is 28.4. The standard InChI is InChI=1S/C28H42O5Si/c1-11-14-31-28-26-20(8)32-25(33-34(17(2)3,18(4)5)19(6)7)16-21(26)15-22-23(29-9)12-13-24(30-10)27(22)28/h11-13,15,17-20,25H,1,14,16H2,2-10H3/t20-,25-/m0/s1. The molecule has 0 N–H and O–H groups in total. The van der Waals surface area contributed by atoms with Gasteiger partial charge in [0.15, 0.2) is 6.29 Å². The van der Waals surface area contributed by atoms with Crippen LogP contribution in [0.2, 0.25) is 16.6 Å². The molecule has 6 heteroatoms. The van der Waals surface area contributed by atoms with Crippen molar-refractivity contribution in [1.82, 2.24) is 0 Å². The molecule has 0 unspecified atom stereocenters. The van der Waals surface area contributed by atoms with Crippen LogP contribution in [0.4, 0.5) is 0 Å². The van der Waals surface area contributed by atoms with Gasteiger partial charge in [-0.15, -0.1) is 0 Å². The molecule has 2 atom stereocenters. The topological polar surface area (TPSA) is 46.2 Å². The molecule has 0 radical (unpaired) electrons. The summed E-state index contributed by atoms with van der Waals surface area (Å²) >= 11 is 0. The van der Waals surface area contributed by atoms with E-state index in [0.29, 0.717) is 29.7 Å². The van der Waals surface area contributed by atoms with E-state index in [9.17, 15) is 0 Å². The van der Waals surface area contributed by atoms with E-state index in [1.807, 2.05) is 12.1 Å². The van der Waals surface area contributed by atoms with Crippen molar-refractivity contribution in [2.24, 2.45) is 0 Å². The lowest BCUT2D eigenvalue weighted by Gasteiger charge is -2.46. The van der Waals surface area contributed by atoms with Crippen molar-refractivity contribution in [1.29, 1.82) is 0 Å². The second-order valence-corrected chi connectivity index (χ2v) is 15.5. The van der Waals surface area contributed by atoms with Crippen LogP contribution >= 0.6 is 0 Å². The van der Waals surface area contributed by atoms with Crippen LogP contribution in [0, 0.1) is 0 Å². The number of ether oxygens (including phenoxy) is 4. The van der Waals surface area contributed by atoms with Crippen molar-refractivity contribution in [3.63, 3.8) is 0 Å². The number of rotatable bonds is 10. The maximum atomic E-state index is 7.03. The molecule has 0 bridgehead atoms. The van der Waals surface area contributed by atoms with Gasteiger partial charge in [0.05, 0.1) is 25.7 Å². The van der Waals surface area contributed by atoms with Gasteiger partial charge in [0, 0.05) is 17.4 Å². The van der Waals surface area contributed by atoms with Gasteiger partial charge in [0.2, 0.25) is 8.32 Å². The van der Waals surface area contributed by atoms with Gasteiger partial charge in [-0.3, -0.25) is 0 Å². The molecule has 5 nitrogen and oxygen atoms in total. The zero-order valence-electron chi connectivity index (χ0n) is 22.4. The van der Waals surface area contributed by atoms with Crippen LogP contribution in [0.25, 0.3) is 10.8 Å². The van der Waals surface area contributed by atoms with Crippen LogP contribution in [0.5, 0.6) is 17.2 Å². The first-order valence-corrected chi connectivity index (χ1v) is 14.5. The third-order valence-electron chi connectivity index (χ3n) is 7.28. The third kappa shape index (κ3) is 4.60. The summed E-state index contributed by atoms with van der Waals surface area (Å²) < 4.78 is 31.3. The van der Waals surface area contributed by atoms with Gasteiger partial charge in [-0.1, -0.05) is 54.2 Å². The number of fused-ring (bicyclic) bond motifs is 2. The minimum absolute atomic E-state index is 0.188. The van der Waals surface area contributed by atoms with Gasteiger partial charge in [0.25, 0.3) is 0 Å². The summed E-state index contributed by atoms with van der Waals surface area (Å²) in [6, 6.07) is 6.06. The predicted molar refractivity (Wildman–Crippen MR) is 142 cm³/mol. The molecule has 0 aliphatic carbocycles. The second-order valence-electron chi connectivity index (χ2n) is 10.1. The fourth-order valence-electron chi connectivity index (χ4n) is 5.97. The smallest absolute Gasteiger partial charge is 0.203 e. The van der Waals surface area contributed by atoms with Crippen LogP contribution < -0.4 is 14.2 Å². The SMILES string of the molecule is C=CCOc1c2c(cc3c(OC)ccc(OC)c13)C[C@H](O[Si](C(C)C)(C(C)C)C(C)C)O[C@H]2C. The highest BCUT2D eigenvalue weighted by Gasteiger charge is 2.48. The predicted octanol–water partition coefficient (Wildman–Crippen LogP) is 7.57. The monoisotopic (exact) mass is 486 g/mol. The third-order valence-corrected chi connectivity index (χ3v) is 13.4. The van der Waals surface area contributed by atoms with E-state index in [4.69, 9.17) is 23.4 Å². The van der Waals surface area contributed by atoms with Crippen LogP contribution in [-0.2, 0) is 15.6 Å². The van der Waals surface area contributed by atoms with Gasteiger partial charge >= 0.3 is 0 Å². The van der Waals surface area contributed by atoms with E-state index in [2.05, 4.69) is 61.1 Å². The second kappa shape index (κ2) is 10.7. The Balaban J connectivity index is 2.17. The molecule has 1 aliphatic rings. The van der Waals surface area contributed by atoms with Crippen molar-refractivity contribution in [2.75, 3.05) is 20.8 Å². The lowest BCUT2D eigenvalue weighted by molar-refractivity contribution is -0.132. The zero-order valence-corrected chi connectivity index (χ0v) is 23.4. The first kappa shape index (κ1) is 26.6. The summed E-state index contributed by atoms with van der Waals surface area (Å²) in [4.78, 5) is 0. The van der Waals surface area contributed by atoms with Crippen molar-refractivity contribution in [2.45, 2.75) is 83.9 Å². The molecule has 0 amide bonds. The van der Waals surface area contributed by atoms with E-state index in [0.717, 1.165) is 33.6 Å². The van der Waals surface area contributed by atoms with Gasteiger partial charge in [-0.25, -0.2) is 0 Å². The van der Waals surface area contributed by atoms with Gasteiger partial charge in [0.1, 0.15) is 23.9 Å². The largest absolute Gasteiger partial charge is 0.496 e. The summed E-state index contributed by atoms with van der Waals surface area (Å²) in [6.07, 6.45) is 1.95. The fraction of sp³-hybridized carbons (Fsp3) is 0.571. The van der Waals surface area contributed by atoms with Crippen LogP contribution in [0.3, 0.4) is 0 Å². The minimum Gasteiger partial charge on any atom is -0.496 e. The average Bonchev–Trinajstić information content (AvgIpc) is 2.78. The summed E-state index contributed by atoms with van der Waals surface area (Å²) in [5.74, 6) is 2.30. The van der Waals surface area contributed by atoms with Gasteiger partial charge in [-0.2, -0.15) is 0 Å². The summed E-state index contributed by atoms with van der Waals surface area (Å²) in [5, 5.41) is 1.86. The van der Waals surface area contributed by atoms with Crippen LogP contribution in [-0.4, -0.2) is 35.4 Å². The quantitative estimate of drug-likeness (QED) is 0.256. The number of benzene rings is 2. The maximum absolute atomic E-state index is 7.03. The molecule has 1 heterocycles. The van der Waals surface area contributed by atoms with E-state index in [-0.39, 0.29) is 12.4 Å². The molecule has 0 spiro atoms. The van der Waals surface area contributed by atoms with Gasteiger partial charge in [-0.05, 0) is 47.3 Å². The van der Waals surface area contributed by atoms with E-state index in [1.165, 1.54) is 5.56 Å². The molecule has 188 valence electrons. The number of hydrogen-bond acceptors (Lipinski definition) is 5. The highest BCUT2D eigenvalue weighted by Crippen LogP contribution is 2.49. The lowest BCUT2D eigenvalue weighted by atomic mass is 9.91. The number of hydrogen-bond donors (Lipinski definition) is 0. The van der Waals surface area contributed by atoms with E-state index >= 15 is 0 Å². The maximum Gasteiger partial charge on any atom is 0.203 e. The molecule has 0 aromatic heterocycles. The Kier molecular flexibility index (Phi) is 8.37. The van der Waals surface area contributed by atoms with Crippen LogP contribution in [0.1, 0.15) is 65.7 Å². The highest BCUT2D eigenvalue weighted by molar-refractivity contribution is 6.77. The molecule has 0 fully saturated rings. The Morgan fingerprint density at radius 1 is 1.03 bits per heavy atom. The average molecular weight is 487 g/mol. The van der Waals surface area contributed by atoms with Crippen LogP contribution in [0.15, 0.2) is 30.9 Å². The van der Waals surface area contributed by atoms with Crippen molar-refractivity contribution < 1.29 is 23.4 Å². The molecular weight excluding hydrogens is 444 g/mol. The van der Waals surface area contributed by atoms with Crippen molar-refractivity contribution in [3.8, 4) is 17.2 Å². The van der Waals surface area contributed by atoms with Gasteiger partial charge < -0.3 is 23.4 Å². The molecule has 1 aliphatic heterocycles. The molecule has 0 saturated carbocycles. The Hall–Kier alpha value is -2.02. The van der Waals surface area contributed by atoms with E-state index < -0.39 is 8.32 Å².